The lowest BCUT2D eigenvalue weighted by molar-refractivity contribution is -0.132. The number of carbonyl (C=O) groups excluding carboxylic acids is 2. The molecule has 0 aliphatic carbocycles. The van der Waals surface area contributed by atoms with Crippen molar-refractivity contribution >= 4 is 17.5 Å². The van der Waals surface area contributed by atoms with E-state index in [9.17, 15) is 9.59 Å². The molecule has 1 unspecified atom stereocenters. The van der Waals surface area contributed by atoms with Crippen molar-refractivity contribution < 1.29 is 19.1 Å². The lowest BCUT2D eigenvalue weighted by atomic mass is 10.1. The number of hydrogen-bond donors (Lipinski definition) is 1. The van der Waals surface area contributed by atoms with Crippen LogP contribution in [0.2, 0.25) is 0 Å². The van der Waals surface area contributed by atoms with Gasteiger partial charge in [-0.05, 0) is 42.7 Å². The molecular formula is C22H26N2O4. The van der Waals surface area contributed by atoms with Crippen LogP contribution < -0.4 is 19.7 Å². The van der Waals surface area contributed by atoms with E-state index in [4.69, 9.17) is 9.47 Å². The smallest absolute Gasteiger partial charge is 0.239 e. The molecule has 1 aliphatic rings. The Labute approximate surface area is 165 Å². The van der Waals surface area contributed by atoms with Gasteiger partial charge in [-0.1, -0.05) is 19.1 Å². The van der Waals surface area contributed by atoms with Gasteiger partial charge in [0.25, 0.3) is 0 Å². The van der Waals surface area contributed by atoms with E-state index in [2.05, 4.69) is 12.2 Å². The number of amides is 2. The average molecular weight is 382 g/mol. The third-order valence-corrected chi connectivity index (χ3v) is 5.13. The van der Waals surface area contributed by atoms with Crippen LogP contribution in [0.15, 0.2) is 42.5 Å². The minimum absolute atomic E-state index is 0.150. The van der Waals surface area contributed by atoms with Crippen molar-refractivity contribution in [1.29, 1.82) is 0 Å². The van der Waals surface area contributed by atoms with Gasteiger partial charge >= 0.3 is 0 Å². The number of hydrogen-bond acceptors (Lipinski definition) is 4. The second-order valence-corrected chi connectivity index (χ2v) is 6.75. The van der Waals surface area contributed by atoms with Gasteiger partial charge < -0.3 is 19.7 Å². The van der Waals surface area contributed by atoms with Crippen LogP contribution in [0.4, 0.5) is 5.69 Å². The van der Waals surface area contributed by atoms with Crippen molar-refractivity contribution in [3.05, 3.63) is 53.6 Å². The molecule has 28 heavy (non-hydrogen) atoms. The Hall–Kier alpha value is -3.02. The highest BCUT2D eigenvalue weighted by Gasteiger charge is 2.37. The fourth-order valence-corrected chi connectivity index (χ4v) is 3.39. The fourth-order valence-electron chi connectivity index (χ4n) is 3.39. The first-order valence-electron chi connectivity index (χ1n) is 9.46. The van der Waals surface area contributed by atoms with Gasteiger partial charge in [0, 0.05) is 30.4 Å². The lowest BCUT2D eigenvalue weighted by Gasteiger charge is -2.17. The lowest BCUT2D eigenvalue weighted by Crippen LogP contribution is -2.36. The van der Waals surface area contributed by atoms with Crippen LogP contribution in [0, 0.1) is 5.92 Å². The molecule has 0 saturated carbocycles. The maximum Gasteiger partial charge on any atom is 0.239 e. The Morgan fingerprint density at radius 3 is 2.54 bits per heavy atom. The molecular weight excluding hydrogens is 356 g/mol. The molecule has 148 valence electrons. The van der Waals surface area contributed by atoms with Gasteiger partial charge in [0.05, 0.1) is 14.2 Å². The molecule has 0 bridgehead atoms. The summed E-state index contributed by atoms with van der Waals surface area (Å²) in [5, 5.41) is 2.87. The second-order valence-electron chi connectivity index (χ2n) is 6.75. The third kappa shape index (κ3) is 4.11. The molecule has 1 aliphatic heterocycles. The van der Waals surface area contributed by atoms with Crippen LogP contribution in [0.3, 0.4) is 0 Å². The van der Waals surface area contributed by atoms with E-state index in [0.717, 1.165) is 17.7 Å². The van der Waals surface area contributed by atoms with Crippen LogP contribution in [0.1, 0.15) is 24.5 Å². The maximum atomic E-state index is 12.7. The molecule has 1 saturated heterocycles. The standard InChI is InChI=1S/C22H26N2O4/c1-4-15-5-8-17(9-6-15)24-12-11-19(22(24)26)21(25)23-14-16-7-10-18(27-2)13-20(16)28-3/h5-10,13,19H,4,11-12,14H2,1-3H3,(H,23,25). The van der Waals surface area contributed by atoms with Crippen molar-refractivity contribution in [3.8, 4) is 11.5 Å². The highest BCUT2D eigenvalue weighted by atomic mass is 16.5. The van der Waals surface area contributed by atoms with Crippen LogP contribution in [0.25, 0.3) is 0 Å². The highest BCUT2D eigenvalue weighted by Crippen LogP contribution is 2.27. The summed E-state index contributed by atoms with van der Waals surface area (Å²) in [6.07, 6.45) is 1.47. The number of benzene rings is 2. The number of methoxy groups -OCH3 is 2. The Kier molecular flexibility index (Phi) is 6.19. The van der Waals surface area contributed by atoms with Gasteiger partial charge in [-0.3, -0.25) is 9.59 Å². The molecule has 0 radical (unpaired) electrons. The van der Waals surface area contributed by atoms with Gasteiger partial charge in [0.1, 0.15) is 17.4 Å². The van der Waals surface area contributed by atoms with Crippen LogP contribution >= 0.6 is 0 Å². The van der Waals surface area contributed by atoms with E-state index >= 15 is 0 Å². The Balaban J connectivity index is 1.63. The monoisotopic (exact) mass is 382 g/mol. The zero-order valence-electron chi connectivity index (χ0n) is 16.5. The van der Waals surface area contributed by atoms with Crippen molar-refractivity contribution in [2.45, 2.75) is 26.3 Å². The molecule has 6 nitrogen and oxygen atoms in total. The zero-order chi connectivity index (χ0) is 20.1. The first-order chi connectivity index (χ1) is 13.6. The predicted octanol–water partition coefficient (Wildman–Crippen LogP) is 2.94. The Morgan fingerprint density at radius 1 is 1.14 bits per heavy atom. The molecule has 1 N–H and O–H groups in total. The number of ether oxygens (including phenoxy) is 2. The van der Waals surface area contributed by atoms with E-state index in [-0.39, 0.29) is 11.8 Å². The van der Waals surface area contributed by atoms with Gasteiger partial charge in [-0.25, -0.2) is 0 Å². The molecule has 2 amide bonds. The predicted molar refractivity (Wildman–Crippen MR) is 108 cm³/mol. The number of aryl methyl sites for hydroxylation is 1. The zero-order valence-corrected chi connectivity index (χ0v) is 16.5. The van der Waals surface area contributed by atoms with Crippen molar-refractivity contribution in [2.75, 3.05) is 25.7 Å². The van der Waals surface area contributed by atoms with E-state index in [1.54, 1.807) is 25.2 Å². The molecule has 3 rings (SSSR count). The molecule has 6 heteroatoms. The SMILES string of the molecule is CCc1ccc(N2CCC(C(=O)NCc3ccc(OC)cc3OC)C2=O)cc1. The number of rotatable bonds is 7. The molecule has 2 aromatic rings. The topological polar surface area (TPSA) is 67.9 Å². The molecule has 0 aromatic heterocycles. The average Bonchev–Trinajstić information content (AvgIpc) is 3.13. The molecule has 1 fully saturated rings. The summed E-state index contributed by atoms with van der Waals surface area (Å²) >= 11 is 0. The van der Waals surface area contributed by atoms with Crippen LogP contribution in [-0.2, 0) is 22.6 Å². The number of nitrogens with one attached hydrogen (secondary N) is 1. The van der Waals surface area contributed by atoms with Crippen LogP contribution in [0.5, 0.6) is 11.5 Å². The first-order valence-corrected chi connectivity index (χ1v) is 9.46. The normalized spacial score (nSPS) is 16.2. The quantitative estimate of drug-likeness (QED) is 0.748. The van der Waals surface area contributed by atoms with Gasteiger partial charge in [0.15, 0.2) is 0 Å². The summed E-state index contributed by atoms with van der Waals surface area (Å²) in [5.74, 6) is 0.256. The van der Waals surface area contributed by atoms with E-state index in [1.807, 2.05) is 36.4 Å². The summed E-state index contributed by atoms with van der Waals surface area (Å²) in [4.78, 5) is 27.0. The van der Waals surface area contributed by atoms with Gasteiger partial charge in [-0.15, -0.1) is 0 Å². The molecule has 1 heterocycles. The summed E-state index contributed by atoms with van der Waals surface area (Å²) < 4.78 is 10.5. The van der Waals surface area contributed by atoms with Gasteiger partial charge in [0.2, 0.25) is 11.8 Å². The number of carbonyl (C=O) groups is 2. The maximum absolute atomic E-state index is 12.7. The Morgan fingerprint density at radius 2 is 1.89 bits per heavy atom. The highest BCUT2D eigenvalue weighted by molar-refractivity contribution is 6.09. The minimum atomic E-state index is -0.657. The largest absolute Gasteiger partial charge is 0.497 e. The van der Waals surface area contributed by atoms with Crippen molar-refractivity contribution in [3.63, 3.8) is 0 Å². The summed E-state index contributed by atoms with van der Waals surface area (Å²) in [5.41, 5.74) is 2.89. The van der Waals surface area contributed by atoms with Crippen molar-refractivity contribution in [2.24, 2.45) is 5.92 Å². The van der Waals surface area contributed by atoms with E-state index in [0.29, 0.717) is 31.0 Å². The third-order valence-electron chi connectivity index (χ3n) is 5.13. The molecule has 2 aromatic carbocycles. The van der Waals surface area contributed by atoms with E-state index < -0.39 is 5.92 Å². The molecule has 1 atom stereocenters. The fraction of sp³-hybridized carbons (Fsp3) is 0.364. The minimum Gasteiger partial charge on any atom is -0.497 e. The van der Waals surface area contributed by atoms with Crippen molar-refractivity contribution in [1.82, 2.24) is 5.32 Å². The Bertz CT molecular complexity index is 848. The number of anilines is 1. The summed E-state index contributed by atoms with van der Waals surface area (Å²) in [6, 6.07) is 13.3. The number of nitrogens with zero attached hydrogens (tertiary/aromatic N) is 1. The van der Waals surface area contributed by atoms with Gasteiger partial charge in [-0.2, -0.15) is 0 Å². The summed E-state index contributed by atoms with van der Waals surface area (Å²) in [6.45, 7) is 2.93. The summed E-state index contributed by atoms with van der Waals surface area (Å²) in [7, 11) is 3.16. The molecule has 0 spiro atoms. The van der Waals surface area contributed by atoms with E-state index in [1.165, 1.54) is 5.56 Å². The first kappa shape index (κ1) is 19.7. The van der Waals surface area contributed by atoms with Crippen LogP contribution in [-0.4, -0.2) is 32.6 Å². The second kappa shape index (κ2) is 8.78.